The molecule has 2 aliphatic rings. The van der Waals surface area contributed by atoms with Crippen molar-refractivity contribution in [2.45, 2.75) is 68.3 Å². The maximum absolute atomic E-state index is 13.7. The predicted octanol–water partition coefficient (Wildman–Crippen LogP) is 3.68. The SMILES string of the molecule is Cc1cc(C)cc(NC(=O)CN(CC2CCCO2)S(=O)(=O)c2ccc(S(=O)(=O)N3CCCCCC3)cc2)c1. The van der Waals surface area contributed by atoms with Crippen LogP contribution in [0.1, 0.15) is 49.7 Å². The van der Waals surface area contributed by atoms with E-state index in [1.807, 2.05) is 32.0 Å². The van der Waals surface area contributed by atoms with Crippen molar-refractivity contribution in [2.75, 3.05) is 38.1 Å². The van der Waals surface area contributed by atoms with Crippen molar-refractivity contribution < 1.29 is 26.4 Å². The normalized spacial score (nSPS) is 19.4. The minimum absolute atomic E-state index is 0.0381. The summed E-state index contributed by atoms with van der Waals surface area (Å²) in [5, 5.41) is 2.80. The summed E-state index contributed by atoms with van der Waals surface area (Å²) in [6.07, 6.45) is 4.86. The number of anilines is 1. The highest BCUT2D eigenvalue weighted by atomic mass is 32.2. The summed E-state index contributed by atoms with van der Waals surface area (Å²) < 4.78 is 61.8. The Labute approximate surface area is 226 Å². The van der Waals surface area contributed by atoms with Gasteiger partial charge in [-0.2, -0.15) is 8.61 Å². The molecule has 208 valence electrons. The molecule has 38 heavy (non-hydrogen) atoms. The Hall–Kier alpha value is -2.31. The number of nitrogens with zero attached hydrogens (tertiary/aromatic N) is 2. The highest BCUT2D eigenvalue weighted by molar-refractivity contribution is 7.89. The van der Waals surface area contributed by atoms with Crippen molar-refractivity contribution in [3.63, 3.8) is 0 Å². The van der Waals surface area contributed by atoms with E-state index in [1.54, 1.807) is 0 Å². The number of benzene rings is 2. The van der Waals surface area contributed by atoms with Gasteiger partial charge in [-0.05, 0) is 87.1 Å². The van der Waals surface area contributed by atoms with Gasteiger partial charge in [-0.3, -0.25) is 4.79 Å². The average molecular weight is 564 g/mol. The molecule has 9 nitrogen and oxygen atoms in total. The molecule has 0 aromatic heterocycles. The van der Waals surface area contributed by atoms with Crippen molar-refractivity contribution in [1.82, 2.24) is 8.61 Å². The van der Waals surface area contributed by atoms with E-state index >= 15 is 0 Å². The number of rotatable bonds is 9. The topological polar surface area (TPSA) is 113 Å². The maximum Gasteiger partial charge on any atom is 0.243 e. The Morgan fingerprint density at radius 2 is 1.53 bits per heavy atom. The Bertz CT molecular complexity index is 1310. The van der Waals surface area contributed by atoms with Crippen LogP contribution < -0.4 is 5.32 Å². The largest absolute Gasteiger partial charge is 0.377 e. The molecule has 2 aromatic carbocycles. The minimum atomic E-state index is -4.10. The van der Waals surface area contributed by atoms with Crippen LogP contribution in [0.25, 0.3) is 0 Å². The van der Waals surface area contributed by atoms with Gasteiger partial charge in [0, 0.05) is 31.9 Å². The summed E-state index contributed by atoms with van der Waals surface area (Å²) in [6.45, 7) is 4.98. The number of hydrogen-bond donors (Lipinski definition) is 1. The average Bonchev–Trinajstić information content (AvgIpc) is 3.21. The molecule has 2 fully saturated rings. The van der Waals surface area contributed by atoms with E-state index in [0.717, 1.165) is 47.5 Å². The monoisotopic (exact) mass is 563 g/mol. The Balaban J connectivity index is 1.54. The minimum Gasteiger partial charge on any atom is -0.377 e. The third-order valence-electron chi connectivity index (χ3n) is 6.92. The van der Waals surface area contributed by atoms with Gasteiger partial charge in [0.25, 0.3) is 0 Å². The molecule has 4 rings (SSSR count). The summed E-state index contributed by atoms with van der Waals surface area (Å²) in [7, 11) is -7.81. The second-order valence-corrected chi connectivity index (χ2v) is 14.0. The van der Waals surface area contributed by atoms with E-state index in [0.29, 0.717) is 31.8 Å². The number of ether oxygens (including phenoxy) is 1. The highest BCUT2D eigenvalue weighted by Gasteiger charge is 2.32. The van der Waals surface area contributed by atoms with Gasteiger partial charge >= 0.3 is 0 Å². The zero-order valence-electron chi connectivity index (χ0n) is 22.1. The van der Waals surface area contributed by atoms with Crippen LogP contribution in [0.2, 0.25) is 0 Å². The third kappa shape index (κ3) is 7.01. The quantitative estimate of drug-likeness (QED) is 0.498. The molecule has 0 aliphatic carbocycles. The van der Waals surface area contributed by atoms with E-state index in [4.69, 9.17) is 4.74 Å². The molecular formula is C27H37N3O6S2. The summed E-state index contributed by atoms with van der Waals surface area (Å²) in [5.41, 5.74) is 2.57. The fourth-order valence-electron chi connectivity index (χ4n) is 5.03. The van der Waals surface area contributed by atoms with Crippen LogP contribution in [0.5, 0.6) is 0 Å². The van der Waals surface area contributed by atoms with Crippen molar-refractivity contribution in [2.24, 2.45) is 0 Å². The smallest absolute Gasteiger partial charge is 0.243 e. The first-order chi connectivity index (χ1) is 18.1. The zero-order valence-corrected chi connectivity index (χ0v) is 23.7. The second-order valence-electron chi connectivity index (χ2n) is 10.1. The molecule has 1 N–H and O–H groups in total. The number of hydrogen-bond acceptors (Lipinski definition) is 6. The molecule has 0 radical (unpaired) electrons. The fourth-order valence-corrected chi connectivity index (χ4v) is 7.98. The van der Waals surface area contributed by atoms with E-state index in [2.05, 4.69) is 5.32 Å². The molecule has 2 aromatic rings. The summed E-state index contributed by atoms with van der Waals surface area (Å²) >= 11 is 0. The standard InChI is InChI=1S/C27H37N3O6S2/c1-21-16-22(2)18-23(17-21)28-27(31)20-30(19-24-8-7-15-36-24)38(34,35)26-11-9-25(10-12-26)37(32,33)29-13-5-3-4-6-14-29/h9-12,16-18,24H,3-8,13-15,19-20H2,1-2H3,(H,28,31). The van der Waals surface area contributed by atoms with E-state index in [9.17, 15) is 21.6 Å². The Morgan fingerprint density at radius 1 is 0.921 bits per heavy atom. The number of carbonyl (C=O) groups excluding carboxylic acids is 1. The molecule has 1 amide bonds. The molecular weight excluding hydrogens is 526 g/mol. The zero-order chi connectivity index (χ0) is 27.3. The van der Waals surface area contributed by atoms with Gasteiger partial charge in [0.15, 0.2) is 0 Å². The Morgan fingerprint density at radius 3 is 2.11 bits per heavy atom. The molecule has 0 saturated carbocycles. The van der Waals surface area contributed by atoms with Gasteiger partial charge in [-0.15, -0.1) is 0 Å². The molecule has 2 saturated heterocycles. The lowest BCUT2D eigenvalue weighted by Crippen LogP contribution is -2.42. The van der Waals surface area contributed by atoms with E-state index in [1.165, 1.54) is 28.6 Å². The van der Waals surface area contributed by atoms with E-state index < -0.39 is 26.0 Å². The van der Waals surface area contributed by atoms with Crippen LogP contribution in [0.4, 0.5) is 5.69 Å². The van der Waals surface area contributed by atoms with Crippen LogP contribution in [-0.4, -0.2) is 70.2 Å². The Kier molecular flexibility index (Phi) is 9.25. The first-order valence-corrected chi connectivity index (χ1v) is 16.0. The van der Waals surface area contributed by atoms with Crippen LogP contribution in [0.15, 0.2) is 52.3 Å². The summed E-state index contributed by atoms with van der Waals surface area (Å²) in [5.74, 6) is -0.461. The van der Waals surface area contributed by atoms with Gasteiger partial charge < -0.3 is 10.1 Å². The van der Waals surface area contributed by atoms with Gasteiger partial charge in [0.2, 0.25) is 26.0 Å². The van der Waals surface area contributed by atoms with Gasteiger partial charge in [0.05, 0.1) is 22.4 Å². The molecule has 0 bridgehead atoms. The molecule has 2 aliphatic heterocycles. The lowest BCUT2D eigenvalue weighted by atomic mass is 10.1. The van der Waals surface area contributed by atoms with Crippen molar-refractivity contribution >= 4 is 31.6 Å². The number of aryl methyl sites for hydroxylation is 2. The summed E-state index contributed by atoms with van der Waals surface area (Å²) in [4.78, 5) is 12.9. The predicted molar refractivity (Wildman–Crippen MR) is 146 cm³/mol. The molecule has 1 unspecified atom stereocenters. The van der Waals surface area contributed by atoms with Crippen molar-refractivity contribution in [3.05, 3.63) is 53.6 Å². The number of amides is 1. The maximum atomic E-state index is 13.7. The van der Waals surface area contributed by atoms with Crippen molar-refractivity contribution in [3.8, 4) is 0 Å². The third-order valence-corrected chi connectivity index (χ3v) is 10.7. The molecule has 0 spiro atoms. The van der Waals surface area contributed by atoms with Gasteiger partial charge in [-0.25, -0.2) is 16.8 Å². The number of nitrogens with one attached hydrogen (secondary N) is 1. The fraction of sp³-hybridized carbons (Fsp3) is 0.519. The second kappa shape index (κ2) is 12.3. The first-order valence-electron chi connectivity index (χ1n) is 13.2. The van der Waals surface area contributed by atoms with Gasteiger partial charge in [0.1, 0.15) is 0 Å². The molecule has 1 atom stereocenters. The summed E-state index contributed by atoms with van der Waals surface area (Å²) in [6, 6.07) is 10.9. The lowest BCUT2D eigenvalue weighted by molar-refractivity contribution is -0.116. The lowest BCUT2D eigenvalue weighted by Gasteiger charge is -2.25. The number of carbonyl (C=O) groups is 1. The van der Waals surface area contributed by atoms with Crippen molar-refractivity contribution in [1.29, 1.82) is 0 Å². The van der Waals surface area contributed by atoms with Crippen LogP contribution in [-0.2, 0) is 29.6 Å². The van der Waals surface area contributed by atoms with Crippen LogP contribution >= 0.6 is 0 Å². The van der Waals surface area contributed by atoms with Gasteiger partial charge in [-0.1, -0.05) is 18.9 Å². The highest BCUT2D eigenvalue weighted by Crippen LogP contribution is 2.25. The number of sulfonamides is 2. The molecule has 2 heterocycles. The van der Waals surface area contributed by atoms with Crippen LogP contribution in [0.3, 0.4) is 0 Å². The van der Waals surface area contributed by atoms with Crippen LogP contribution in [0, 0.1) is 13.8 Å². The van der Waals surface area contributed by atoms with E-state index in [-0.39, 0.29) is 29.0 Å². The first kappa shape index (κ1) is 28.7. The molecule has 11 heteroatoms.